The molecule has 0 saturated carbocycles. The van der Waals surface area contributed by atoms with Gasteiger partial charge in [-0.15, -0.1) is 0 Å². The number of carboxylic acid groups (broad SMARTS) is 1. The van der Waals surface area contributed by atoms with E-state index in [4.69, 9.17) is 5.11 Å². The van der Waals surface area contributed by atoms with Crippen molar-refractivity contribution in [2.75, 3.05) is 6.54 Å². The molecular formula is C14H20FNO2. The highest BCUT2D eigenvalue weighted by Gasteiger charge is 2.07. The average molecular weight is 253 g/mol. The van der Waals surface area contributed by atoms with E-state index >= 15 is 0 Å². The number of nitrogens with one attached hydrogen (secondary N) is 1. The second-order valence-electron chi connectivity index (χ2n) is 4.35. The zero-order chi connectivity index (χ0) is 13.4. The third-order valence-electron chi connectivity index (χ3n) is 2.82. The Morgan fingerprint density at radius 2 is 2.11 bits per heavy atom. The quantitative estimate of drug-likeness (QED) is 0.699. The average Bonchev–Trinajstić information content (AvgIpc) is 2.35. The maximum atomic E-state index is 13.4. The lowest BCUT2D eigenvalue weighted by molar-refractivity contribution is 0.0696. The van der Waals surface area contributed by atoms with Crippen molar-refractivity contribution in [1.29, 1.82) is 0 Å². The summed E-state index contributed by atoms with van der Waals surface area (Å²) >= 11 is 0. The zero-order valence-corrected chi connectivity index (χ0v) is 10.7. The molecule has 0 radical (unpaired) electrons. The van der Waals surface area contributed by atoms with Crippen molar-refractivity contribution in [1.82, 2.24) is 5.32 Å². The lowest BCUT2D eigenvalue weighted by Gasteiger charge is -2.07. The topological polar surface area (TPSA) is 49.3 Å². The molecule has 1 aromatic rings. The Kier molecular flexibility index (Phi) is 6.36. The molecule has 0 aliphatic rings. The van der Waals surface area contributed by atoms with Crippen molar-refractivity contribution in [3.05, 3.63) is 35.1 Å². The van der Waals surface area contributed by atoms with E-state index in [0.717, 1.165) is 13.0 Å². The van der Waals surface area contributed by atoms with Crippen LogP contribution in [0.25, 0.3) is 0 Å². The summed E-state index contributed by atoms with van der Waals surface area (Å²) < 4.78 is 13.4. The van der Waals surface area contributed by atoms with Crippen LogP contribution in [0.4, 0.5) is 4.39 Å². The van der Waals surface area contributed by atoms with E-state index in [1.54, 1.807) is 0 Å². The first-order valence-corrected chi connectivity index (χ1v) is 6.37. The van der Waals surface area contributed by atoms with Gasteiger partial charge in [0.1, 0.15) is 5.82 Å². The number of halogens is 1. The van der Waals surface area contributed by atoms with Crippen molar-refractivity contribution < 1.29 is 14.3 Å². The molecule has 1 aromatic carbocycles. The third kappa shape index (κ3) is 4.84. The van der Waals surface area contributed by atoms with Gasteiger partial charge in [-0.1, -0.05) is 26.2 Å². The van der Waals surface area contributed by atoms with Gasteiger partial charge in [0.15, 0.2) is 0 Å². The zero-order valence-electron chi connectivity index (χ0n) is 10.7. The highest BCUT2D eigenvalue weighted by Crippen LogP contribution is 2.10. The summed E-state index contributed by atoms with van der Waals surface area (Å²) in [6.07, 6.45) is 4.63. The van der Waals surface area contributed by atoms with Gasteiger partial charge in [-0.05, 0) is 31.2 Å². The Morgan fingerprint density at radius 3 is 2.78 bits per heavy atom. The fourth-order valence-corrected chi connectivity index (χ4v) is 1.74. The van der Waals surface area contributed by atoms with Crippen molar-refractivity contribution in [3.8, 4) is 0 Å². The van der Waals surface area contributed by atoms with E-state index in [1.165, 1.54) is 37.5 Å². The first-order valence-electron chi connectivity index (χ1n) is 6.37. The Morgan fingerprint density at radius 1 is 1.33 bits per heavy atom. The largest absolute Gasteiger partial charge is 0.478 e. The molecule has 2 N–H and O–H groups in total. The second-order valence-corrected chi connectivity index (χ2v) is 4.35. The van der Waals surface area contributed by atoms with Gasteiger partial charge in [0.05, 0.1) is 5.56 Å². The first-order chi connectivity index (χ1) is 8.65. The first kappa shape index (κ1) is 14.6. The maximum Gasteiger partial charge on any atom is 0.335 e. The van der Waals surface area contributed by atoms with Crippen LogP contribution in [0.15, 0.2) is 18.2 Å². The third-order valence-corrected chi connectivity index (χ3v) is 2.82. The molecular weight excluding hydrogens is 233 g/mol. The number of hydrogen-bond acceptors (Lipinski definition) is 2. The molecule has 18 heavy (non-hydrogen) atoms. The number of carbonyl (C=O) groups is 1. The predicted octanol–water partition coefficient (Wildman–Crippen LogP) is 3.19. The Hall–Kier alpha value is -1.42. The molecule has 0 amide bonds. The van der Waals surface area contributed by atoms with Crippen LogP contribution >= 0.6 is 0 Å². The van der Waals surface area contributed by atoms with E-state index < -0.39 is 5.97 Å². The van der Waals surface area contributed by atoms with Crippen LogP contribution < -0.4 is 5.32 Å². The minimum absolute atomic E-state index is 0.124. The van der Waals surface area contributed by atoms with Crippen LogP contribution in [0.2, 0.25) is 0 Å². The molecule has 0 heterocycles. The number of hydrogen-bond donors (Lipinski definition) is 2. The number of benzene rings is 1. The summed E-state index contributed by atoms with van der Waals surface area (Å²) in [5.41, 5.74) is 0.532. The summed E-state index contributed by atoms with van der Waals surface area (Å²) in [4.78, 5) is 10.8. The lowest BCUT2D eigenvalue weighted by atomic mass is 10.1. The number of carboxylic acids is 1. The molecule has 1 rings (SSSR count). The molecule has 0 spiro atoms. The van der Waals surface area contributed by atoms with Gasteiger partial charge in [-0.25, -0.2) is 9.18 Å². The molecule has 0 aromatic heterocycles. The molecule has 0 saturated heterocycles. The van der Waals surface area contributed by atoms with Gasteiger partial charge in [-0.3, -0.25) is 0 Å². The summed E-state index contributed by atoms with van der Waals surface area (Å²) in [6, 6.07) is 3.87. The molecule has 0 fully saturated rings. The van der Waals surface area contributed by atoms with Gasteiger partial charge < -0.3 is 10.4 Å². The van der Waals surface area contributed by atoms with Crippen LogP contribution in [-0.4, -0.2) is 17.6 Å². The SMILES string of the molecule is CCCCCCNCc1cc(C(=O)O)ccc1F. The molecule has 3 nitrogen and oxygen atoms in total. The molecule has 0 unspecified atom stereocenters. The van der Waals surface area contributed by atoms with E-state index in [2.05, 4.69) is 12.2 Å². The van der Waals surface area contributed by atoms with Crippen molar-refractivity contribution in [2.45, 2.75) is 39.2 Å². The summed E-state index contributed by atoms with van der Waals surface area (Å²) in [7, 11) is 0. The van der Waals surface area contributed by atoms with Gasteiger partial charge in [-0.2, -0.15) is 0 Å². The minimum Gasteiger partial charge on any atom is -0.478 e. The molecule has 100 valence electrons. The van der Waals surface area contributed by atoms with Gasteiger partial charge in [0.2, 0.25) is 0 Å². The van der Waals surface area contributed by atoms with Crippen LogP contribution in [0, 0.1) is 5.82 Å². The van der Waals surface area contributed by atoms with E-state index in [1.807, 2.05) is 0 Å². The van der Waals surface area contributed by atoms with E-state index in [-0.39, 0.29) is 11.4 Å². The highest BCUT2D eigenvalue weighted by atomic mass is 19.1. The number of rotatable bonds is 8. The summed E-state index contributed by atoms with van der Waals surface area (Å²) in [5, 5.41) is 12.0. The lowest BCUT2D eigenvalue weighted by Crippen LogP contribution is -2.16. The molecule has 0 bridgehead atoms. The number of unbranched alkanes of at least 4 members (excludes halogenated alkanes) is 3. The van der Waals surface area contributed by atoms with Gasteiger partial charge in [0.25, 0.3) is 0 Å². The van der Waals surface area contributed by atoms with Crippen molar-refractivity contribution in [2.24, 2.45) is 0 Å². The standard InChI is InChI=1S/C14H20FNO2/c1-2-3-4-5-8-16-10-12-9-11(14(17)18)6-7-13(12)15/h6-7,9,16H,2-5,8,10H2,1H3,(H,17,18). The fourth-order valence-electron chi connectivity index (χ4n) is 1.74. The monoisotopic (exact) mass is 253 g/mol. The van der Waals surface area contributed by atoms with Crippen LogP contribution in [0.5, 0.6) is 0 Å². The summed E-state index contributed by atoms with van der Waals surface area (Å²) in [6.45, 7) is 3.36. The predicted molar refractivity (Wildman–Crippen MR) is 69.2 cm³/mol. The Labute approximate surface area is 107 Å². The van der Waals surface area contributed by atoms with Gasteiger partial charge >= 0.3 is 5.97 Å². The van der Waals surface area contributed by atoms with E-state index in [0.29, 0.717) is 12.1 Å². The van der Waals surface area contributed by atoms with Crippen molar-refractivity contribution >= 4 is 5.97 Å². The summed E-state index contributed by atoms with van der Waals surface area (Å²) in [5.74, 6) is -1.39. The normalized spacial score (nSPS) is 10.6. The van der Waals surface area contributed by atoms with Crippen LogP contribution in [0.1, 0.15) is 48.5 Å². The van der Waals surface area contributed by atoms with Crippen LogP contribution in [-0.2, 0) is 6.54 Å². The minimum atomic E-state index is -1.03. The fraction of sp³-hybridized carbons (Fsp3) is 0.500. The molecule has 0 aliphatic carbocycles. The smallest absolute Gasteiger partial charge is 0.335 e. The van der Waals surface area contributed by atoms with Crippen LogP contribution in [0.3, 0.4) is 0 Å². The molecule has 0 aliphatic heterocycles. The molecule has 0 atom stereocenters. The molecule has 4 heteroatoms. The van der Waals surface area contributed by atoms with Gasteiger partial charge in [0, 0.05) is 12.1 Å². The Bertz CT molecular complexity index is 393. The second kappa shape index (κ2) is 7.82. The maximum absolute atomic E-state index is 13.4. The Balaban J connectivity index is 2.41. The highest BCUT2D eigenvalue weighted by molar-refractivity contribution is 5.87. The number of aromatic carboxylic acids is 1. The van der Waals surface area contributed by atoms with E-state index in [9.17, 15) is 9.18 Å². The van der Waals surface area contributed by atoms with Crippen molar-refractivity contribution in [3.63, 3.8) is 0 Å².